The summed E-state index contributed by atoms with van der Waals surface area (Å²) in [4.78, 5) is 4.56. The van der Waals surface area contributed by atoms with Crippen LogP contribution in [-0.2, 0) is 5.41 Å². The molecule has 0 bridgehead atoms. The molecule has 0 aliphatic heterocycles. The van der Waals surface area contributed by atoms with Gasteiger partial charge in [0.15, 0.2) is 0 Å². The van der Waals surface area contributed by atoms with E-state index in [-0.39, 0.29) is 5.41 Å². The predicted molar refractivity (Wildman–Crippen MR) is 146 cm³/mol. The summed E-state index contributed by atoms with van der Waals surface area (Å²) >= 11 is 0. The van der Waals surface area contributed by atoms with Crippen LogP contribution in [0.5, 0.6) is 0 Å². The van der Waals surface area contributed by atoms with Gasteiger partial charge in [0.25, 0.3) is 0 Å². The summed E-state index contributed by atoms with van der Waals surface area (Å²) in [6.45, 7) is 6.78. The second kappa shape index (κ2) is 7.81. The van der Waals surface area contributed by atoms with E-state index in [1.54, 1.807) is 0 Å². The van der Waals surface area contributed by atoms with Gasteiger partial charge in [0.05, 0.1) is 0 Å². The molecular formula is C33H27N. The van der Waals surface area contributed by atoms with Gasteiger partial charge in [-0.3, -0.25) is 4.98 Å². The molecule has 0 fully saturated rings. The minimum absolute atomic E-state index is 0.127. The fourth-order valence-electron chi connectivity index (χ4n) is 5.20. The first kappa shape index (κ1) is 20.6. The van der Waals surface area contributed by atoms with Crippen LogP contribution >= 0.6 is 0 Å². The van der Waals surface area contributed by atoms with Gasteiger partial charge in [0, 0.05) is 17.8 Å². The second-order valence-electron chi connectivity index (χ2n) is 10.1. The van der Waals surface area contributed by atoms with Gasteiger partial charge in [0.1, 0.15) is 0 Å². The summed E-state index contributed by atoms with van der Waals surface area (Å²) in [5.41, 5.74) is 6.49. The van der Waals surface area contributed by atoms with Crippen LogP contribution in [0.15, 0.2) is 109 Å². The molecule has 0 atom stereocenters. The third-order valence-electron chi connectivity index (χ3n) is 6.92. The Labute approximate surface area is 200 Å². The number of nitrogens with zero attached hydrogens (tertiary/aromatic N) is 1. The van der Waals surface area contributed by atoms with Crippen LogP contribution in [0.2, 0.25) is 0 Å². The largest absolute Gasteiger partial charge is 0.264 e. The molecule has 1 heteroatoms. The minimum atomic E-state index is 0.127. The number of benzene rings is 5. The van der Waals surface area contributed by atoms with Gasteiger partial charge >= 0.3 is 0 Å². The zero-order chi connectivity index (χ0) is 23.3. The molecule has 0 amide bonds. The Morgan fingerprint density at radius 1 is 0.529 bits per heavy atom. The van der Waals surface area contributed by atoms with E-state index in [1.165, 1.54) is 60.1 Å². The molecule has 0 radical (unpaired) electrons. The lowest BCUT2D eigenvalue weighted by atomic mass is 9.83. The summed E-state index contributed by atoms with van der Waals surface area (Å²) in [7, 11) is 0. The molecule has 0 spiro atoms. The van der Waals surface area contributed by atoms with Crippen LogP contribution < -0.4 is 0 Å². The summed E-state index contributed by atoms with van der Waals surface area (Å²) in [6, 6.07) is 35.3. The predicted octanol–water partition coefficient (Wildman–Crippen LogP) is 9.17. The van der Waals surface area contributed by atoms with Gasteiger partial charge in [-0.25, -0.2) is 0 Å². The monoisotopic (exact) mass is 437 g/mol. The number of hydrogen-bond donors (Lipinski definition) is 0. The Kier molecular flexibility index (Phi) is 4.74. The lowest BCUT2D eigenvalue weighted by molar-refractivity contribution is 0.590. The number of aromatic nitrogens is 1. The van der Waals surface area contributed by atoms with Crippen molar-refractivity contribution in [2.24, 2.45) is 0 Å². The van der Waals surface area contributed by atoms with Crippen LogP contribution in [0.3, 0.4) is 0 Å². The topological polar surface area (TPSA) is 12.9 Å². The molecule has 34 heavy (non-hydrogen) atoms. The molecule has 0 unspecified atom stereocenters. The van der Waals surface area contributed by atoms with E-state index < -0.39 is 0 Å². The van der Waals surface area contributed by atoms with Crippen molar-refractivity contribution in [1.29, 1.82) is 0 Å². The Morgan fingerprint density at radius 3 is 1.88 bits per heavy atom. The van der Waals surface area contributed by atoms with Gasteiger partial charge in [-0.2, -0.15) is 0 Å². The van der Waals surface area contributed by atoms with Crippen LogP contribution in [0, 0.1) is 0 Å². The normalized spacial score (nSPS) is 12.0. The van der Waals surface area contributed by atoms with E-state index in [4.69, 9.17) is 0 Å². The fourth-order valence-corrected chi connectivity index (χ4v) is 5.20. The second-order valence-corrected chi connectivity index (χ2v) is 10.1. The highest BCUT2D eigenvalue weighted by atomic mass is 14.6. The molecule has 0 aliphatic rings. The van der Waals surface area contributed by atoms with Gasteiger partial charge in [-0.1, -0.05) is 112 Å². The average Bonchev–Trinajstić information content (AvgIpc) is 2.86. The Hall–Kier alpha value is -3.97. The molecule has 0 saturated heterocycles. The number of fused-ring (bicyclic) bond motifs is 3. The van der Waals surface area contributed by atoms with Crippen molar-refractivity contribution in [3.8, 4) is 22.3 Å². The highest BCUT2D eigenvalue weighted by molar-refractivity contribution is 6.23. The van der Waals surface area contributed by atoms with Crippen molar-refractivity contribution < 1.29 is 0 Å². The summed E-state index contributed by atoms with van der Waals surface area (Å²) < 4.78 is 0. The van der Waals surface area contributed by atoms with Gasteiger partial charge < -0.3 is 0 Å². The van der Waals surface area contributed by atoms with Crippen LogP contribution in [0.1, 0.15) is 26.3 Å². The first-order valence-electron chi connectivity index (χ1n) is 11.9. The average molecular weight is 438 g/mol. The highest BCUT2D eigenvalue weighted by Crippen LogP contribution is 2.45. The molecule has 6 rings (SSSR count). The maximum absolute atomic E-state index is 4.56. The number of hydrogen-bond acceptors (Lipinski definition) is 1. The smallest absolute Gasteiger partial charge is 0.0353 e. The molecule has 1 heterocycles. The van der Waals surface area contributed by atoms with Crippen molar-refractivity contribution in [3.05, 3.63) is 115 Å². The highest BCUT2D eigenvalue weighted by Gasteiger charge is 2.19. The fraction of sp³-hybridized carbons (Fsp3) is 0.121. The summed E-state index contributed by atoms with van der Waals surface area (Å²) in [5, 5.41) is 7.48. The standard InChI is InChI=1S/C33H27N/c1-33(2,3)24-17-15-23(16-18-24)31-27-12-6-7-13-28(27)32(29-19-20-34-21-30(29)31)26-14-8-10-22-9-4-5-11-25(22)26/h4-21H,1-3H3. The quantitative estimate of drug-likeness (QED) is 0.246. The van der Waals surface area contributed by atoms with E-state index in [9.17, 15) is 0 Å². The summed E-state index contributed by atoms with van der Waals surface area (Å²) in [5.74, 6) is 0. The van der Waals surface area contributed by atoms with Crippen LogP contribution in [0.4, 0.5) is 0 Å². The van der Waals surface area contributed by atoms with Gasteiger partial charge in [0.2, 0.25) is 0 Å². The van der Waals surface area contributed by atoms with Crippen LogP contribution in [0.25, 0.3) is 54.6 Å². The van der Waals surface area contributed by atoms with E-state index in [1.807, 2.05) is 12.4 Å². The third kappa shape index (κ3) is 3.28. The van der Waals surface area contributed by atoms with Crippen molar-refractivity contribution in [1.82, 2.24) is 4.98 Å². The molecule has 164 valence electrons. The van der Waals surface area contributed by atoms with E-state index in [0.717, 1.165) is 0 Å². The molecule has 6 aromatic rings. The van der Waals surface area contributed by atoms with Gasteiger partial charge in [-0.15, -0.1) is 0 Å². The Balaban J connectivity index is 1.73. The molecule has 1 aromatic heterocycles. The Bertz CT molecular complexity index is 1610. The molecule has 0 aliphatic carbocycles. The van der Waals surface area contributed by atoms with Crippen molar-refractivity contribution >= 4 is 32.3 Å². The zero-order valence-electron chi connectivity index (χ0n) is 19.8. The molecule has 5 aromatic carbocycles. The Morgan fingerprint density at radius 2 is 1.15 bits per heavy atom. The van der Waals surface area contributed by atoms with Crippen molar-refractivity contribution in [2.75, 3.05) is 0 Å². The maximum atomic E-state index is 4.56. The van der Waals surface area contributed by atoms with E-state index in [0.29, 0.717) is 0 Å². The maximum Gasteiger partial charge on any atom is 0.0353 e. The lowest BCUT2D eigenvalue weighted by Gasteiger charge is -2.21. The zero-order valence-corrected chi connectivity index (χ0v) is 19.8. The molecular weight excluding hydrogens is 410 g/mol. The molecule has 0 saturated carbocycles. The first-order chi connectivity index (χ1) is 16.5. The minimum Gasteiger partial charge on any atom is -0.264 e. The SMILES string of the molecule is CC(C)(C)c1ccc(-c2c3ccccc3c(-c3cccc4ccccc34)c3ccncc23)cc1. The molecule has 0 N–H and O–H groups in total. The number of rotatable bonds is 2. The van der Waals surface area contributed by atoms with Crippen LogP contribution in [-0.4, -0.2) is 4.98 Å². The first-order valence-corrected chi connectivity index (χ1v) is 11.9. The number of pyridine rings is 1. The van der Waals surface area contributed by atoms with Crippen molar-refractivity contribution in [2.45, 2.75) is 26.2 Å². The molecule has 1 nitrogen and oxygen atoms in total. The van der Waals surface area contributed by atoms with E-state index >= 15 is 0 Å². The lowest BCUT2D eigenvalue weighted by Crippen LogP contribution is -2.10. The van der Waals surface area contributed by atoms with Crippen molar-refractivity contribution in [3.63, 3.8) is 0 Å². The van der Waals surface area contributed by atoms with Gasteiger partial charge in [-0.05, 0) is 66.2 Å². The van der Waals surface area contributed by atoms with E-state index in [2.05, 4.69) is 123 Å². The third-order valence-corrected chi connectivity index (χ3v) is 6.92. The summed E-state index contributed by atoms with van der Waals surface area (Å²) in [6.07, 6.45) is 3.95.